The predicted molar refractivity (Wildman–Crippen MR) is 84.6 cm³/mol. The van der Waals surface area contributed by atoms with Crippen molar-refractivity contribution < 1.29 is 14.3 Å². The lowest BCUT2D eigenvalue weighted by Gasteiger charge is -2.15. The molecule has 0 aliphatic rings. The zero-order chi connectivity index (χ0) is 15.8. The van der Waals surface area contributed by atoms with Gasteiger partial charge in [0.1, 0.15) is 11.9 Å². The lowest BCUT2D eigenvalue weighted by Crippen LogP contribution is -2.40. The van der Waals surface area contributed by atoms with Gasteiger partial charge in [-0.25, -0.2) is 0 Å². The minimum absolute atomic E-state index is 0.240. The standard InChI is InChI=1S/C17H18N2O3/c1-13(22-15-10-6-3-7-11-15)12-18-16(20)17(21)19-14-8-4-2-5-9-14/h2-11,13H,12H2,1H3,(H,18,20)(H,19,21)/t13-/m1/s1. The van der Waals surface area contributed by atoms with Gasteiger partial charge in [0.25, 0.3) is 0 Å². The number of rotatable bonds is 5. The van der Waals surface area contributed by atoms with Crippen molar-refractivity contribution >= 4 is 17.5 Å². The van der Waals surface area contributed by atoms with E-state index in [4.69, 9.17) is 4.74 Å². The van der Waals surface area contributed by atoms with Crippen LogP contribution in [0, 0.1) is 0 Å². The number of ether oxygens (including phenoxy) is 1. The first-order valence-corrected chi connectivity index (χ1v) is 7.01. The summed E-state index contributed by atoms with van der Waals surface area (Å²) in [4.78, 5) is 23.4. The molecule has 0 heterocycles. The third-order valence-electron chi connectivity index (χ3n) is 2.87. The number of para-hydroxylation sites is 2. The Labute approximate surface area is 129 Å². The lowest BCUT2D eigenvalue weighted by atomic mass is 10.3. The van der Waals surface area contributed by atoms with Gasteiger partial charge in [0.15, 0.2) is 0 Å². The third kappa shape index (κ3) is 4.94. The molecule has 0 saturated carbocycles. The Bertz CT molecular complexity index is 614. The molecule has 0 bridgehead atoms. The van der Waals surface area contributed by atoms with Crippen LogP contribution in [0.1, 0.15) is 6.92 Å². The molecule has 2 aromatic carbocycles. The molecule has 2 rings (SSSR count). The van der Waals surface area contributed by atoms with Crippen molar-refractivity contribution in [2.45, 2.75) is 13.0 Å². The van der Waals surface area contributed by atoms with Crippen LogP contribution in [0.3, 0.4) is 0 Å². The highest BCUT2D eigenvalue weighted by Gasteiger charge is 2.14. The second kappa shape index (κ2) is 7.83. The van der Waals surface area contributed by atoms with Crippen molar-refractivity contribution in [3.8, 4) is 5.75 Å². The maximum Gasteiger partial charge on any atom is 0.313 e. The van der Waals surface area contributed by atoms with Gasteiger partial charge in [-0.05, 0) is 31.2 Å². The maximum absolute atomic E-state index is 11.7. The van der Waals surface area contributed by atoms with E-state index in [-0.39, 0.29) is 12.6 Å². The Hall–Kier alpha value is -2.82. The quantitative estimate of drug-likeness (QED) is 0.832. The second-order valence-electron chi connectivity index (χ2n) is 4.77. The topological polar surface area (TPSA) is 67.4 Å². The lowest BCUT2D eigenvalue weighted by molar-refractivity contribution is -0.136. The minimum atomic E-state index is -0.696. The van der Waals surface area contributed by atoms with Gasteiger partial charge < -0.3 is 15.4 Å². The molecule has 0 aliphatic carbocycles. The van der Waals surface area contributed by atoms with Crippen molar-refractivity contribution in [3.05, 3.63) is 60.7 Å². The molecule has 114 valence electrons. The highest BCUT2D eigenvalue weighted by Crippen LogP contribution is 2.10. The SMILES string of the molecule is C[C@H](CNC(=O)C(=O)Nc1ccccc1)Oc1ccccc1. The molecule has 0 radical (unpaired) electrons. The maximum atomic E-state index is 11.7. The number of carbonyl (C=O) groups is 2. The van der Waals surface area contributed by atoms with E-state index < -0.39 is 11.8 Å². The van der Waals surface area contributed by atoms with E-state index in [1.165, 1.54) is 0 Å². The minimum Gasteiger partial charge on any atom is -0.489 e. The van der Waals surface area contributed by atoms with Crippen LogP contribution in [0.4, 0.5) is 5.69 Å². The first-order chi connectivity index (χ1) is 10.6. The van der Waals surface area contributed by atoms with Crippen LogP contribution >= 0.6 is 0 Å². The van der Waals surface area contributed by atoms with Crippen LogP contribution < -0.4 is 15.4 Å². The molecule has 0 unspecified atom stereocenters. The summed E-state index contributed by atoms with van der Waals surface area (Å²) in [6, 6.07) is 18.1. The van der Waals surface area contributed by atoms with Crippen LogP contribution in [-0.4, -0.2) is 24.5 Å². The fourth-order valence-electron chi connectivity index (χ4n) is 1.80. The summed E-state index contributed by atoms with van der Waals surface area (Å²) in [6.07, 6.45) is -0.240. The predicted octanol–water partition coefficient (Wildman–Crippen LogP) is 2.21. The van der Waals surface area contributed by atoms with Gasteiger partial charge in [0.2, 0.25) is 0 Å². The molecule has 2 aromatic rings. The number of benzene rings is 2. The molecule has 5 heteroatoms. The Morgan fingerprint density at radius 1 is 0.955 bits per heavy atom. The van der Waals surface area contributed by atoms with E-state index in [9.17, 15) is 9.59 Å². The van der Waals surface area contributed by atoms with E-state index in [1.54, 1.807) is 24.3 Å². The van der Waals surface area contributed by atoms with Gasteiger partial charge in [0, 0.05) is 5.69 Å². The molecule has 0 aliphatic heterocycles. The summed E-state index contributed by atoms with van der Waals surface area (Å²) < 4.78 is 5.62. The second-order valence-corrected chi connectivity index (χ2v) is 4.77. The molecule has 1 atom stereocenters. The third-order valence-corrected chi connectivity index (χ3v) is 2.87. The fraction of sp³-hybridized carbons (Fsp3) is 0.176. The summed E-state index contributed by atoms with van der Waals surface area (Å²) in [6.45, 7) is 2.07. The van der Waals surface area contributed by atoms with Crippen molar-refractivity contribution in [1.29, 1.82) is 0 Å². The van der Waals surface area contributed by atoms with E-state index in [1.807, 2.05) is 43.3 Å². The fourth-order valence-corrected chi connectivity index (χ4v) is 1.80. The van der Waals surface area contributed by atoms with Crippen LogP contribution in [0.15, 0.2) is 60.7 Å². The van der Waals surface area contributed by atoms with Gasteiger partial charge in [-0.1, -0.05) is 36.4 Å². The molecule has 0 aromatic heterocycles. The smallest absolute Gasteiger partial charge is 0.313 e. The Kier molecular flexibility index (Phi) is 5.54. The van der Waals surface area contributed by atoms with E-state index in [0.29, 0.717) is 5.69 Å². The van der Waals surface area contributed by atoms with Gasteiger partial charge in [-0.2, -0.15) is 0 Å². The largest absolute Gasteiger partial charge is 0.489 e. The number of carbonyl (C=O) groups excluding carboxylic acids is 2. The van der Waals surface area contributed by atoms with E-state index in [0.717, 1.165) is 5.75 Å². The molecule has 22 heavy (non-hydrogen) atoms. The summed E-state index contributed by atoms with van der Waals surface area (Å²) in [5.74, 6) is -0.663. The Balaban J connectivity index is 1.76. The molecule has 0 spiro atoms. The van der Waals surface area contributed by atoms with Gasteiger partial charge in [-0.3, -0.25) is 9.59 Å². The number of amides is 2. The summed E-state index contributed by atoms with van der Waals surface area (Å²) >= 11 is 0. The zero-order valence-corrected chi connectivity index (χ0v) is 12.3. The van der Waals surface area contributed by atoms with Crippen molar-refractivity contribution in [2.75, 3.05) is 11.9 Å². The highest BCUT2D eigenvalue weighted by molar-refractivity contribution is 6.39. The van der Waals surface area contributed by atoms with Crippen LogP contribution in [0.5, 0.6) is 5.75 Å². The Morgan fingerprint density at radius 2 is 1.55 bits per heavy atom. The van der Waals surface area contributed by atoms with Crippen molar-refractivity contribution in [1.82, 2.24) is 5.32 Å². The Morgan fingerprint density at radius 3 is 2.18 bits per heavy atom. The molecule has 0 saturated heterocycles. The monoisotopic (exact) mass is 298 g/mol. The highest BCUT2D eigenvalue weighted by atomic mass is 16.5. The molecule has 5 nitrogen and oxygen atoms in total. The van der Waals surface area contributed by atoms with E-state index >= 15 is 0 Å². The number of nitrogens with one attached hydrogen (secondary N) is 2. The first-order valence-electron chi connectivity index (χ1n) is 7.01. The summed E-state index contributed by atoms with van der Waals surface area (Å²) in [5, 5.41) is 5.07. The first kappa shape index (κ1) is 15.6. The number of hydrogen-bond acceptors (Lipinski definition) is 3. The van der Waals surface area contributed by atoms with Crippen LogP contribution in [0.2, 0.25) is 0 Å². The number of anilines is 1. The van der Waals surface area contributed by atoms with Crippen molar-refractivity contribution in [2.24, 2.45) is 0 Å². The molecule has 0 fully saturated rings. The molecule has 2 N–H and O–H groups in total. The van der Waals surface area contributed by atoms with Crippen molar-refractivity contribution in [3.63, 3.8) is 0 Å². The normalized spacial score (nSPS) is 11.3. The zero-order valence-electron chi connectivity index (χ0n) is 12.3. The molecule has 2 amide bonds. The average Bonchev–Trinajstić information content (AvgIpc) is 2.54. The van der Waals surface area contributed by atoms with E-state index in [2.05, 4.69) is 10.6 Å². The van der Waals surface area contributed by atoms with Crippen LogP contribution in [0.25, 0.3) is 0 Å². The molecular weight excluding hydrogens is 280 g/mol. The van der Waals surface area contributed by atoms with Gasteiger partial charge in [0.05, 0.1) is 6.54 Å². The van der Waals surface area contributed by atoms with Gasteiger partial charge >= 0.3 is 11.8 Å². The summed E-state index contributed by atoms with van der Waals surface area (Å²) in [5.41, 5.74) is 0.580. The number of hydrogen-bond donors (Lipinski definition) is 2. The summed E-state index contributed by atoms with van der Waals surface area (Å²) in [7, 11) is 0. The van der Waals surface area contributed by atoms with Crippen LogP contribution in [-0.2, 0) is 9.59 Å². The van der Waals surface area contributed by atoms with Gasteiger partial charge in [-0.15, -0.1) is 0 Å². The molecular formula is C17H18N2O3. The average molecular weight is 298 g/mol.